The van der Waals surface area contributed by atoms with Crippen LogP contribution in [-0.2, 0) is 13.6 Å². The maximum absolute atomic E-state index is 13.3. The Morgan fingerprint density at radius 2 is 2.04 bits per heavy atom. The van der Waals surface area contributed by atoms with Gasteiger partial charge in [-0.05, 0) is 56.0 Å². The van der Waals surface area contributed by atoms with E-state index in [0.717, 1.165) is 27.0 Å². The Hall–Kier alpha value is -2.47. The predicted molar refractivity (Wildman–Crippen MR) is 106 cm³/mol. The minimum Gasteiger partial charge on any atom is -0.326 e. The number of hydrogen-bond donors (Lipinski definition) is 0. The highest BCUT2D eigenvalue weighted by atomic mass is 32.1. The first-order valence-electron chi connectivity index (χ1n) is 9.35. The predicted octanol–water partition coefficient (Wildman–Crippen LogP) is 3.90. The van der Waals surface area contributed by atoms with Crippen molar-refractivity contribution in [2.75, 3.05) is 0 Å². The molecule has 1 amide bonds. The van der Waals surface area contributed by atoms with Crippen molar-refractivity contribution in [3.05, 3.63) is 62.0 Å². The van der Waals surface area contributed by atoms with Crippen LogP contribution in [0, 0.1) is 6.92 Å². The van der Waals surface area contributed by atoms with Gasteiger partial charge in [-0.15, -0.1) is 11.3 Å². The first-order valence-corrected chi connectivity index (χ1v) is 10.2. The van der Waals surface area contributed by atoms with E-state index in [2.05, 4.69) is 0 Å². The molecule has 0 spiro atoms. The SMILES string of the molecule is Cc1cc(=O)n(C)c2c1[C@@H](C)N(C(=O)c1ccc3nc(C4CC4)sc3c1)C2. The van der Waals surface area contributed by atoms with Gasteiger partial charge in [0.1, 0.15) is 0 Å². The van der Waals surface area contributed by atoms with Crippen LogP contribution in [-0.4, -0.2) is 20.4 Å². The van der Waals surface area contributed by atoms with Gasteiger partial charge >= 0.3 is 0 Å². The van der Waals surface area contributed by atoms with Crippen molar-refractivity contribution >= 4 is 27.5 Å². The fourth-order valence-corrected chi connectivity index (χ4v) is 5.29. The third-order valence-corrected chi connectivity index (χ3v) is 7.04. The molecule has 1 atom stereocenters. The summed E-state index contributed by atoms with van der Waals surface area (Å²) < 4.78 is 2.75. The molecule has 0 saturated heterocycles. The van der Waals surface area contributed by atoms with Crippen molar-refractivity contribution in [2.45, 2.75) is 45.2 Å². The molecule has 5 nitrogen and oxygen atoms in total. The maximum atomic E-state index is 13.3. The van der Waals surface area contributed by atoms with Gasteiger partial charge in [0.15, 0.2) is 0 Å². The third-order valence-electron chi connectivity index (χ3n) is 5.86. The largest absolute Gasteiger partial charge is 0.326 e. The summed E-state index contributed by atoms with van der Waals surface area (Å²) in [7, 11) is 1.78. The smallest absolute Gasteiger partial charge is 0.254 e. The fraction of sp³-hybridized carbons (Fsp3) is 0.381. The number of carbonyl (C=O) groups excluding carboxylic acids is 1. The number of fused-ring (bicyclic) bond motifs is 2. The van der Waals surface area contributed by atoms with Gasteiger partial charge in [-0.1, -0.05) is 0 Å². The number of amides is 1. The number of rotatable bonds is 2. The Kier molecular flexibility index (Phi) is 3.56. The van der Waals surface area contributed by atoms with Crippen LogP contribution in [0.25, 0.3) is 10.2 Å². The zero-order valence-electron chi connectivity index (χ0n) is 15.7. The monoisotopic (exact) mass is 379 g/mol. The van der Waals surface area contributed by atoms with Crippen molar-refractivity contribution in [3.8, 4) is 0 Å². The summed E-state index contributed by atoms with van der Waals surface area (Å²) in [5.74, 6) is 0.632. The molecule has 2 aliphatic rings. The lowest BCUT2D eigenvalue weighted by molar-refractivity contribution is 0.0703. The van der Waals surface area contributed by atoms with Crippen LogP contribution in [0.3, 0.4) is 0 Å². The summed E-state index contributed by atoms with van der Waals surface area (Å²) in [5, 5.41) is 1.20. The molecule has 138 valence electrons. The highest BCUT2D eigenvalue weighted by molar-refractivity contribution is 7.18. The number of aryl methyl sites for hydroxylation is 1. The number of carbonyl (C=O) groups is 1. The van der Waals surface area contributed by atoms with E-state index in [1.54, 1.807) is 29.0 Å². The molecule has 6 heteroatoms. The van der Waals surface area contributed by atoms with Crippen LogP contribution < -0.4 is 5.56 Å². The second-order valence-corrected chi connectivity index (χ2v) is 8.77. The summed E-state index contributed by atoms with van der Waals surface area (Å²) in [6, 6.07) is 7.43. The Balaban J connectivity index is 1.51. The molecule has 0 N–H and O–H groups in total. The van der Waals surface area contributed by atoms with Gasteiger partial charge in [0.05, 0.1) is 27.8 Å². The van der Waals surface area contributed by atoms with Crippen LogP contribution in [0.1, 0.15) is 63.9 Å². The molecular formula is C21H21N3O2S. The third kappa shape index (κ3) is 2.54. The molecule has 1 aliphatic carbocycles. The molecule has 0 unspecified atom stereocenters. The molecule has 3 aromatic rings. The van der Waals surface area contributed by atoms with Crippen molar-refractivity contribution in [2.24, 2.45) is 7.05 Å². The highest BCUT2D eigenvalue weighted by Crippen LogP contribution is 2.43. The van der Waals surface area contributed by atoms with Crippen molar-refractivity contribution in [1.29, 1.82) is 0 Å². The molecular weight excluding hydrogens is 358 g/mol. The normalized spacial score (nSPS) is 18.9. The average Bonchev–Trinajstić information content (AvgIpc) is 3.31. The van der Waals surface area contributed by atoms with E-state index in [4.69, 9.17) is 4.98 Å². The molecule has 3 heterocycles. The van der Waals surface area contributed by atoms with Crippen LogP contribution in [0.2, 0.25) is 0 Å². The standard InChI is InChI=1S/C21H21N3O2S/c1-11-8-18(25)23(3)16-10-24(12(2)19(11)16)21(26)14-6-7-15-17(9-14)27-20(22-15)13-4-5-13/h6-9,12-13H,4-5,10H2,1-3H3/t12-/m1/s1. The summed E-state index contributed by atoms with van der Waals surface area (Å²) >= 11 is 1.71. The van der Waals surface area contributed by atoms with E-state index < -0.39 is 0 Å². The van der Waals surface area contributed by atoms with Gasteiger partial charge in [-0.2, -0.15) is 0 Å². The topological polar surface area (TPSA) is 55.2 Å². The molecule has 2 aromatic heterocycles. The van der Waals surface area contributed by atoms with Gasteiger partial charge in [-0.3, -0.25) is 9.59 Å². The molecule has 0 radical (unpaired) electrons. The van der Waals surface area contributed by atoms with Crippen LogP contribution in [0.15, 0.2) is 29.1 Å². The minimum absolute atomic E-state index is 0.00817. The summed E-state index contributed by atoms with van der Waals surface area (Å²) in [4.78, 5) is 31.9. The summed E-state index contributed by atoms with van der Waals surface area (Å²) in [6.07, 6.45) is 2.46. The quantitative estimate of drug-likeness (QED) is 0.679. The van der Waals surface area contributed by atoms with E-state index in [9.17, 15) is 9.59 Å². The fourth-order valence-electron chi connectivity index (χ4n) is 4.11. The summed E-state index contributed by atoms with van der Waals surface area (Å²) in [5.41, 5.74) is 4.65. The Labute approximate surface area is 161 Å². The molecule has 27 heavy (non-hydrogen) atoms. The number of benzene rings is 1. The van der Waals surface area contributed by atoms with Crippen LogP contribution >= 0.6 is 11.3 Å². The zero-order valence-corrected chi connectivity index (χ0v) is 16.5. The second kappa shape index (κ2) is 5.76. The number of thiazole rings is 1. The lowest BCUT2D eigenvalue weighted by atomic mass is 10.0. The second-order valence-electron chi connectivity index (χ2n) is 7.70. The first-order chi connectivity index (χ1) is 12.9. The number of nitrogens with zero attached hydrogens (tertiary/aromatic N) is 3. The molecule has 0 bridgehead atoms. The average molecular weight is 379 g/mol. The van der Waals surface area contributed by atoms with E-state index in [-0.39, 0.29) is 17.5 Å². The van der Waals surface area contributed by atoms with Gasteiger partial charge < -0.3 is 9.47 Å². The molecule has 1 fully saturated rings. The van der Waals surface area contributed by atoms with Crippen LogP contribution in [0.4, 0.5) is 0 Å². The number of aromatic nitrogens is 2. The van der Waals surface area contributed by atoms with Gasteiger partial charge in [0.25, 0.3) is 11.5 Å². The van der Waals surface area contributed by atoms with E-state index in [0.29, 0.717) is 18.0 Å². The Bertz CT molecular complexity index is 1160. The van der Waals surface area contributed by atoms with Crippen LogP contribution in [0.5, 0.6) is 0 Å². The van der Waals surface area contributed by atoms with Gasteiger partial charge in [-0.25, -0.2) is 4.98 Å². The first kappa shape index (κ1) is 16.7. The lowest BCUT2D eigenvalue weighted by Gasteiger charge is -2.22. The zero-order chi connectivity index (χ0) is 18.9. The minimum atomic E-state index is -0.0431. The summed E-state index contributed by atoms with van der Waals surface area (Å²) in [6.45, 7) is 4.46. The molecule has 1 saturated carbocycles. The van der Waals surface area contributed by atoms with Gasteiger partial charge in [0.2, 0.25) is 0 Å². The highest BCUT2D eigenvalue weighted by Gasteiger charge is 2.34. The van der Waals surface area contributed by atoms with Crippen molar-refractivity contribution in [1.82, 2.24) is 14.5 Å². The lowest BCUT2D eigenvalue weighted by Crippen LogP contribution is -2.28. The Morgan fingerprint density at radius 1 is 1.26 bits per heavy atom. The Morgan fingerprint density at radius 3 is 2.78 bits per heavy atom. The van der Waals surface area contributed by atoms with E-state index in [1.807, 2.05) is 36.9 Å². The van der Waals surface area contributed by atoms with Gasteiger partial charge in [0, 0.05) is 30.3 Å². The number of pyridine rings is 1. The molecule has 5 rings (SSSR count). The molecule has 1 aliphatic heterocycles. The van der Waals surface area contributed by atoms with Crippen molar-refractivity contribution < 1.29 is 4.79 Å². The van der Waals surface area contributed by atoms with Crippen molar-refractivity contribution in [3.63, 3.8) is 0 Å². The molecule has 1 aromatic carbocycles. The van der Waals surface area contributed by atoms with E-state index in [1.165, 1.54) is 17.8 Å². The maximum Gasteiger partial charge on any atom is 0.254 e. The number of hydrogen-bond acceptors (Lipinski definition) is 4. The van der Waals surface area contributed by atoms with E-state index >= 15 is 0 Å².